The fourth-order valence-electron chi connectivity index (χ4n) is 1.65. The summed E-state index contributed by atoms with van der Waals surface area (Å²) in [6.45, 7) is 2.49. The molecule has 0 saturated carbocycles. The van der Waals surface area contributed by atoms with Crippen molar-refractivity contribution in [1.82, 2.24) is 5.32 Å². The van der Waals surface area contributed by atoms with E-state index in [1.807, 2.05) is 31.2 Å². The maximum absolute atomic E-state index is 11.9. The average molecular weight is 329 g/mol. The number of halogens is 1. The molecule has 0 aliphatic carbocycles. The van der Waals surface area contributed by atoms with E-state index in [4.69, 9.17) is 18.0 Å². The number of nitrogens with two attached hydrogens (primary N) is 1. The molecule has 0 bridgehead atoms. The van der Waals surface area contributed by atoms with Crippen molar-refractivity contribution in [2.45, 2.75) is 26.3 Å². The number of hydrogen-bond donors (Lipinski definition) is 2. The van der Waals surface area contributed by atoms with Gasteiger partial charge in [0.2, 0.25) is 5.91 Å². The molecule has 0 aliphatic rings. The Kier molecular flexibility index (Phi) is 6.29. The van der Waals surface area contributed by atoms with Crippen molar-refractivity contribution in [3.63, 3.8) is 0 Å². The second-order valence-electron chi connectivity index (χ2n) is 4.09. The van der Waals surface area contributed by atoms with Crippen molar-refractivity contribution < 1.29 is 4.79 Å². The van der Waals surface area contributed by atoms with E-state index in [-0.39, 0.29) is 16.8 Å². The summed E-state index contributed by atoms with van der Waals surface area (Å²) in [4.78, 5) is 12.2. The summed E-state index contributed by atoms with van der Waals surface area (Å²) in [5, 5.41) is 2.87. The van der Waals surface area contributed by atoms with Gasteiger partial charge in [-0.15, -0.1) is 0 Å². The van der Waals surface area contributed by atoms with Gasteiger partial charge in [-0.05, 0) is 24.1 Å². The predicted octanol–water partition coefficient (Wildman–Crippen LogP) is 2.77. The second-order valence-corrected chi connectivity index (χ2v) is 5.48. The number of amides is 1. The van der Waals surface area contributed by atoms with E-state index >= 15 is 0 Å². The molecule has 0 spiro atoms. The highest BCUT2D eigenvalue weighted by Crippen LogP contribution is 2.12. The van der Waals surface area contributed by atoms with Crippen LogP contribution in [0.3, 0.4) is 0 Å². The first-order valence-corrected chi connectivity index (χ1v) is 7.06. The van der Waals surface area contributed by atoms with Gasteiger partial charge in [0.05, 0.1) is 10.9 Å². The first kappa shape index (κ1) is 15.1. The van der Waals surface area contributed by atoms with E-state index in [1.54, 1.807) is 0 Å². The third-order valence-corrected chi connectivity index (χ3v) is 3.37. The number of hydrogen-bond acceptors (Lipinski definition) is 2. The predicted molar refractivity (Wildman–Crippen MR) is 81.2 cm³/mol. The van der Waals surface area contributed by atoms with Gasteiger partial charge in [-0.25, -0.2) is 0 Å². The molecule has 1 unspecified atom stereocenters. The van der Waals surface area contributed by atoms with Gasteiger partial charge in [0.25, 0.3) is 0 Å². The molecule has 3 nitrogen and oxygen atoms in total. The summed E-state index contributed by atoms with van der Waals surface area (Å²) >= 11 is 8.31. The van der Waals surface area contributed by atoms with Crippen LogP contribution in [0.25, 0.3) is 0 Å². The number of carbonyl (C=O) groups excluding carboxylic acids is 1. The fraction of sp³-hybridized carbons (Fsp3) is 0.385. The molecular formula is C13H17BrN2OS. The maximum Gasteiger partial charge on any atom is 0.230 e. The van der Waals surface area contributed by atoms with Crippen LogP contribution in [0.15, 0.2) is 28.7 Å². The molecule has 1 aromatic rings. The van der Waals surface area contributed by atoms with Crippen molar-refractivity contribution in [3.05, 3.63) is 34.3 Å². The topological polar surface area (TPSA) is 55.1 Å². The van der Waals surface area contributed by atoms with E-state index in [0.717, 1.165) is 16.5 Å². The van der Waals surface area contributed by atoms with Gasteiger partial charge < -0.3 is 11.1 Å². The lowest BCUT2D eigenvalue weighted by atomic mass is 10.0. The lowest BCUT2D eigenvalue weighted by Gasteiger charge is -2.14. The van der Waals surface area contributed by atoms with Crippen LogP contribution in [0.2, 0.25) is 0 Å². The Bertz CT molecular complexity index is 437. The number of rotatable bonds is 6. The first-order chi connectivity index (χ1) is 8.54. The van der Waals surface area contributed by atoms with Crippen molar-refractivity contribution in [2.75, 3.05) is 0 Å². The Balaban J connectivity index is 2.56. The van der Waals surface area contributed by atoms with Gasteiger partial charge in [0, 0.05) is 11.0 Å². The molecule has 5 heteroatoms. The molecular weight excluding hydrogens is 312 g/mol. The Hall–Kier alpha value is -0.940. The second kappa shape index (κ2) is 7.48. The van der Waals surface area contributed by atoms with E-state index in [2.05, 4.69) is 21.2 Å². The zero-order chi connectivity index (χ0) is 13.5. The molecule has 0 aliphatic heterocycles. The van der Waals surface area contributed by atoms with E-state index in [1.165, 1.54) is 0 Å². The van der Waals surface area contributed by atoms with Crippen LogP contribution in [0.1, 0.15) is 25.3 Å². The summed E-state index contributed by atoms with van der Waals surface area (Å²) in [5.74, 6) is -0.457. The van der Waals surface area contributed by atoms with E-state index in [0.29, 0.717) is 13.0 Å². The number of nitrogens with one attached hydrogen (secondary N) is 1. The molecule has 3 N–H and O–H groups in total. The number of carbonyl (C=O) groups is 1. The largest absolute Gasteiger partial charge is 0.393 e. The molecule has 1 amide bonds. The minimum Gasteiger partial charge on any atom is -0.393 e. The van der Waals surface area contributed by atoms with E-state index in [9.17, 15) is 4.79 Å². The van der Waals surface area contributed by atoms with Gasteiger partial charge in [-0.3, -0.25) is 4.79 Å². The Morgan fingerprint density at radius 1 is 1.56 bits per heavy atom. The molecule has 0 saturated heterocycles. The zero-order valence-corrected chi connectivity index (χ0v) is 12.7. The summed E-state index contributed by atoms with van der Waals surface area (Å²) < 4.78 is 0.994. The van der Waals surface area contributed by atoms with Crippen LogP contribution < -0.4 is 11.1 Å². The Labute approximate surface area is 121 Å². The molecule has 98 valence electrons. The van der Waals surface area contributed by atoms with Crippen LogP contribution in [-0.2, 0) is 11.3 Å². The van der Waals surface area contributed by atoms with Gasteiger partial charge in [0.15, 0.2) is 0 Å². The quantitative estimate of drug-likeness (QED) is 0.789. The normalized spacial score (nSPS) is 11.9. The highest BCUT2D eigenvalue weighted by molar-refractivity contribution is 9.10. The van der Waals surface area contributed by atoms with Crippen LogP contribution in [0.5, 0.6) is 0 Å². The van der Waals surface area contributed by atoms with Crippen molar-refractivity contribution in [1.29, 1.82) is 0 Å². The molecule has 0 aromatic heterocycles. The van der Waals surface area contributed by atoms with E-state index < -0.39 is 0 Å². The van der Waals surface area contributed by atoms with Crippen LogP contribution in [0, 0.1) is 5.92 Å². The summed E-state index contributed by atoms with van der Waals surface area (Å²) in [6.07, 6.45) is 1.58. The van der Waals surface area contributed by atoms with Gasteiger partial charge in [-0.2, -0.15) is 0 Å². The minimum atomic E-state index is -0.364. The fourth-order valence-corrected chi connectivity index (χ4v) is 2.32. The zero-order valence-electron chi connectivity index (χ0n) is 10.3. The average Bonchev–Trinajstić information content (AvgIpc) is 2.32. The summed E-state index contributed by atoms with van der Waals surface area (Å²) in [5.41, 5.74) is 6.62. The highest BCUT2D eigenvalue weighted by Gasteiger charge is 2.19. The lowest BCUT2D eigenvalue weighted by molar-refractivity contribution is -0.123. The molecule has 18 heavy (non-hydrogen) atoms. The van der Waals surface area contributed by atoms with Gasteiger partial charge >= 0.3 is 0 Å². The summed E-state index contributed by atoms with van der Waals surface area (Å²) in [7, 11) is 0. The summed E-state index contributed by atoms with van der Waals surface area (Å²) in [6, 6.07) is 7.80. The van der Waals surface area contributed by atoms with Crippen molar-refractivity contribution >= 4 is 39.0 Å². The van der Waals surface area contributed by atoms with Gasteiger partial charge in [0.1, 0.15) is 0 Å². The van der Waals surface area contributed by atoms with Crippen molar-refractivity contribution in [2.24, 2.45) is 11.7 Å². The third-order valence-electron chi connectivity index (χ3n) is 2.59. The van der Waals surface area contributed by atoms with Gasteiger partial charge in [-0.1, -0.05) is 53.6 Å². The number of thiocarbonyl (C=S) groups is 1. The molecule has 0 fully saturated rings. The van der Waals surface area contributed by atoms with Crippen LogP contribution >= 0.6 is 28.1 Å². The lowest BCUT2D eigenvalue weighted by Crippen LogP contribution is -2.37. The standard InChI is InChI=1S/C13H17BrN2OS/c1-2-4-11(12(15)18)13(17)16-8-9-5-3-6-10(14)7-9/h3,5-7,11H,2,4,8H2,1H3,(H2,15,18)(H,16,17). The molecule has 1 atom stereocenters. The van der Waals surface area contributed by atoms with Crippen LogP contribution in [-0.4, -0.2) is 10.9 Å². The first-order valence-electron chi connectivity index (χ1n) is 5.86. The monoisotopic (exact) mass is 328 g/mol. The molecule has 1 rings (SSSR count). The molecule has 0 heterocycles. The highest BCUT2D eigenvalue weighted by atomic mass is 79.9. The number of benzene rings is 1. The third kappa shape index (κ3) is 4.74. The Morgan fingerprint density at radius 3 is 2.83 bits per heavy atom. The maximum atomic E-state index is 11.9. The Morgan fingerprint density at radius 2 is 2.28 bits per heavy atom. The molecule has 1 aromatic carbocycles. The molecule has 0 radical (unpaired) electrons. The van der Waals surface area contributed by atoms with Crippen molar-refractivity contribution in [3.8, 4) is 0 Å². The minimum absolute atomic E-state index is 0.0932. The van der Waals surface area contributed by atoms with Crippen LogP contribution in [0.4, 0.5) is 0 Å². The smallest absolute Gasteiger partial charge is 0.230 e. The SMILES string of the molecule is CCCC(C(=O)NCc1cccc(Br)c1)C(N)=S.